The lowest BCUT2D eigenvalue weighted by Gasteiger charge is -2.10. The first-order chi connectivity index (χ1) is 9.08. The predicted molar refractivity (Wildman–Crippen MR) is 66.6 cm³/mol. The number of halogens is 4. The second kappa shape index (κ2) is 5.97. The summed E-state index contributed by atoms with van der Waals surface area (Å²) in [5, 5.41) is 0. The van der Waals surface area contributed by atoms with E-state index in [0.29, 0.717) is 16.9 Å². The molecule has 0 N–H and O–H groups in total. The Labute approximate surface area is 113 Å². The van der Waals surface area contributed by atoms with Crippen molar-refractivity contribution >= 4 is 11.6 Å². The number of hydrogen-bond acceptors (Lipinski definition) is 1. The molecule has 0 amide bonds. The quantitative estimate of drug-likeness (QED) is 0.756. The molecule has 0 fully saturated rings. The topological polar surface area (TPSA) is 9.23 Å². The number of alkyl halides is 1. The predicted octanol–water partition coefficient (Wildman–Crippen LogP) is 4.42. The largest absolute Gasteiger partial charge is 0.489 e. The van der Waals surface area contributed by atoms with Gasteiger partial charge in [0, 0.05) is 11.6 Å². The van der Waals surface area contributed by atoms with E-state index in [4.69, 9.17) is 16.3 Å². The molecule has 2 aromatic rings. The van der Waals surface area contributed by atoms with E-state index in [1.54, 1.807) is 0 Å². The molecule has 1 nitrogen and oxygen atoms in total. The van der Waals surface area contributed by atoms with E-state index < -0.39 is 17.5 Å². The molecule has 0 aliphatic heterocycles. The molecular formula is C14H10ClF3O. The van der Waals surface area contributed by atoms with Gasteiger partial charge >= 0.3 is 0 Å². The van der Waals surface area contributed by atoms with Gasteiger partial charge in [-0.1, -0.05) is 0 Å². The Morgan fingerprint density at radius 3 is 2.21 bits per heavy atom. The fraction of sp³-hybridized carbons (Fsp3) is 0.143. The molecule has 0 aromatic heterocycles. The van der Waals surface area contributed by atoms with E-state index in [-0.39, 0.29) is 12.5 Å². The molecule has 0 unspecified atom stereocenters. The van der Waals surface area contributed by atoms with Crippen LogP contribution in [0, 0.1) is 17.5 Å². The summed E-state index contributed by atoms with van der Waals surface area (Å²) >= 11 is 5.67. The van der Waals surface area contributed by atoms with E-state index in [9.17, 15) is 13.2 Å². The minimum atomic E-state index is -0.671. The van der Waals surface area contributed by atoms with Gasteiger partial charge in [0.05, 0.1) is 5.88 Å². The maximum Gasteiger partial charge on any atom is 0.126 e. The van der Waals surface area contributed by atoms with Crippen molar-refractivity contribution in [2.24, 2.45) is 0 Å². The minimum absolute atomic E-state index is 0.0236. The first-order valence-corrected chi connectivity index (χ1v) is 6.04. The van der Waals surface area contributed by atoms with Crippen LogP contribution in [0.25, 0.3) is 0 Å². The molecule has 100 valence electrons. The van der Waals surface area contributed by atoms with Crippen molar-refractivity contribution in [3.63, 3.8) is 0 Å². The van der Waals surface area contributed by atoms with E-state index in [0.717, 1.165) is 6.07 Å². The highest BCUT2D eigenvalue weighted by Crippen LogP contribution is 2.23. The lowest BCUT2D eigenvalue weighted by molar-refractivity contribution is 0.302. The number of rotatable bonds is 4. The summed E-state index contributed by atoms with van der Waals surface area (Å²) in [4.78, 5) is 0. The SMILES string of the molecule is Fc1cc(F)cc(COc2ccc(F)cc2CCl)c1. The first kappa shape index (κ1) is 13.7. The smallest absolute Gasteiger partial charge is 0.126 e. The normalized spacial score (nSPS) is 10.5. The first-order valence-electron chi connectivity index (χ1n) is 5.50. The van der Waals surface area contributed by atoms with Crippen molar-refractivity contribution in [2.75, 3.05) is 0 Å². The lowest BCUT2D eigenvalue weighted by atomic mass is 10.2. The second-order valence-corrected chi connectivity index (χ2v) is 4.22. The third-order valence-electron chi connectivity index (χ3n) is 2.48. The molecule has 19 heavy (non-hydrogen) atoms. The zero-order chi connectivity index (χ0) is 13.8. The highest BCUT2D eigenvalue weighted by molar-refractivity contribution is 6.17. The van der Waals surface area contributed by atoms with Crippen LogP contribution in [-0.2, 0) is 12.5 Å². The monoisotopic (exact) mass is 286 g/mol. The Kier molecular flexibility index (Phi) is 4.32. The van der Waals surface area contributed by atoms with Gasteiger partial charge in [-0.25, -0.2) is 13.2 Å². The highest BCUT2D eigenvalue weighted by atomic mass is 35.5. The molecule has 2 aromatic carbocycles. The average molecular weight is 287 g/mol. The molecule has 0 radical (unpaired) electrons. The Bertz CT molecular complexity index is 567. The van der Waals surface area contributed by atoms with Gasteiger partial charge in [0.15, 0.2) is 0 Å². The molecule has 0 aliphatic carbocycles. The van der Waals surface area contributed by atoms with Crippen LogP contribution in [0.15, 0.2) is 36.4 Å². The molecule has 0 spiro atoms. The summed E-state index contributed by atoms with van der Waals surface area (Å²) in [7, 11) is 0. The van der Waals surface area contributed by atoms with Gasteiger partial charge in [-0.15, -0.1) is 11.6 Å². The van der Waals surface area contributed by atoms with Gasteiger partial charge in [-0.05, 0) is 35.9 Å². The van der Waals surface area contributed by atoms with Crippen LogP contribution in [0.1, 0.15) is 11.1 Å². The molecule has 0 saturated carbocycles. The van der Waals surface area contributed by atoms with Crippen molar-refractivity contribution in [3.8, 4) is 5.75 Å². The zero-order valence-electron chi connectivity index (χ0n) is 9.80. The summed E-state index contributed by atoms with van der Waals surface area (Å²) in [6.07, 6.45) is 0. The average Bonchev–Trinajstić information content (AvgIpc) is 2.36. The standard InChI is InChI=1S/C14H10ClF3O/c15-7-10-5-11(16)1-2-14(10)19-8-9-3-12(17)6-13(18)4-9/h1-6H,7-8H2. The van der Waals surface area contributed by atoms with Crippen LogP contribution in [0.3, 0.4) is 0 Å². The third kappa shape index (κ3) is 3.64. The molecule has 0 atom stereocenters. The van der Waals surface area contributed by atoms with Crippen LogP contribution in [0.4, 0.5) is 13.2 Å². The van der Waals surface area contributed by atoms with Crippen molar-refractivity contribution in [3.05, 3.63) is 65.0 Å². The molecular weight excluding hydrogens is 277 g/mol. The van der Waals surface area contributed by atoms with Gasteiger partial charge < -0.3 is 4.74 Å². The van der Waals surface area contributed by atoms with Crippen molar-refractivity contribution in [1.29, 1.82) is 0 Å². The Morgan fingerprint density at radius 1 is 0.895 bits per heavy atom. The Balaban J connectivity index is 2.14. The second-order valence-electron chi connectivity index (χ2n) is 3.95. The van der Waals surface area contributed by atoms with Gasteiger partial charge in [-0.2, -0.15) is 0 Å². The van der Waals surface area contributed by atoms with Crippen LogP contribution >= 0.6 is 11.6 Å². The summed E-state index contributed by atoms with van der Waals surface area (Å²) in [6, 6.07) is 7.06. The zero-order valence-corrected chi connectivity index (χ0v) is 10.6. The molecule has 0 bridgehead atoms. The maximum atomic E-state index is 13.0. The lowest BCUT2D eigenvalue weighted by Crippen LogP contribution is -1.99. The van der Waals surface area contributed by atoms with E-state index in [2.05, 4.69) is 0 Å². The van der Waals surface area contributed by atoms with Crippen LogP contribution in [-0.4, -0.2) is 0 Å². The fourth-order valence-corrected chi connectivity index (χ4v) is 1.86. The summed E-state index contributed by atoms with van der Waals surface area (Å²) in [6.45, 7) is -0.0236. The molecule has 5 heteroatoms. The van der Waals surface area contributed by atoms with Gasteiger partial charge in [0.1, 0.15) is 29.8 Å². The van der Waals surface area contributed by atoms with Crippen molar-refractivity contribution in [1.82, 2.24) is 0 Å². The molecule has 0 aliphatic rings. The van der Waals surface area contributed by atoms with E-state index in [1.165, 1.54) is 30.3 Å². The maximum absolute atomic E-state index is 13.0. The fourth-order valence-electron chi connectivity index (χ4n) is 1.65. The Morgan fingerprint density at radius 2 is 1.58 bits per heavy atom. The molecule has 2 rings (SSSR count). The number of benzene rings is 2. The summed E-state index contributed by atoms with van der Waals surface area (Å²) in [5.74, 6) is -1.28. The van der Waals surface area contributed by atoms with E-state index >= 15 is 0 Å². The Hall–Kier alpha value is -1.68. The van der Waals surface area contributed by atoms with Crippen LogP contribution in [0.2, 0.25) is 0 Å². The van der Waals surface area contributed by atoms with Crippen molar-refractivity contribution < 1.29 is 17.9 Å². The number of ether oxygens (including phenoxy) is 1. The van der Waals surface area contributed by atoms with Crippen LogP contribution < -0.4 is 4.74 Å². The summed E-state index contributed by atoms with van der Waals surface area (Å²) < 4.78 is 44.4. The van der Waals surface area contributed by atoms with Gasteiger partial charge in [0.25, 0.3) is 0 Å². The summed E-state index contributed by atoms with van der Waals surface area (Å²) in [5.41, 5.74) is 0.834. The van der Waals surface area contributed by atoms with Gasteiger partial charge in [-0.3, -0.25) is 0 Å². The van der Waals surface area contributed by atoms with Crippen LogP contribution in [0.5, 0.6) is 5.75 Å². The highest BCUT2D eigenvalue weighted by Gasteiger charge is 2.06. The van der Waals surface area contributed by atoms with Crippen molar-refractivity contribution in [2.45, 2.75) is 12.5 Å². The third-order valence-corrected chi connectivity index (χ3v) is 2.77. The minimum Gasteiger partial charge on any atom is -0.489 e. The van der Waals surface area contributed by atoms with E-state index in [1.807, 2.05) is 0 Å². The van der Waals surface area contributed by atoms with Gasteiger partial charge in [0.2, 0.25) is 0 Å². The molecule has 0 saturated heterocycles. The molecule has 0 heterocycles. The number of hydrogen-bond donors (Lipinski definition) is 0.